The summed E-state index contributed by atoms with van der Waals surface area (Å²) < 4.78 is 5.41. The van der Waals surface area contributed by atoms with Crippen molar-refractivity contribution < 1.29 is 14.4 Å². The molecule has 110 valence electrons. The lowest BCUT2D eigenvalue weighted by Gasteiger charge is -2.18. The third-order valence-corrected chi connectivity index (χ3v) is 4.59. The van der Waals surface area contributed by atoms with Gasteiger partial charge in [0, 0.05) is 19.0 Å². The molecule has 1 N–H and O–H groups in total. The number of anilines is 1. The summed E-state index contributed by atoms with van der Waals surface area (Å²) in [6.45, 7) is 1.81. The van der Waals surface area contributed by atoms with Crippen molar-refractivity contribution in [3.8, 4) is 0 Å². The van der Waals surface area contributed by atoms with E-state index in [-0.39, 0.29) is 12.1 Å². The molecule has 20 heavy (non-hydrogen) atoms. The summed E-state index contributed by atoms with van der Waals surface area (Å²) in [6, 6.07) is 1.31. The molecule has 0 spiro atoms. The first kappa shape index (κ1) is 13.4. The normalized spacial score (nSPS) is 28.4. The first-order chi connectivity index (χ1) is 9.59. The van der Waals surface area contributed by atoms with E-state index in [0.717, 1.165) is 18.6 Å². The van der Waals surface area contributed by atoms with Gasteiger partial charge in [-0.25, -0.2) is 9.69 Å². The van der Waals surface area contributed by atoms with Crippen molar-refractivity contribution in [3.63, 3.8) is 0 Å². The minimum absolute atomic E-state index is 0.242. The fourth-order valence-corrected chi connectivity index (χ4v) is 3.08. The molecule has 6 heteroatoms. The summed E-state index contributed by atoms with van der Waals surface area (Å²) in [5, 5.41) is 14.1. The van der Waals surface area contributed by atoms with Gasteiger partial charge in [-0.3, -0.25) is 0 Å². The van der Waals surface area contributed by atoms with Crippen LogP contribution in [0.2, 0.25) is 0 Å². The van der Waals surface area contributed by atoms with Crippen molar-refractivity contribution >= 4 is 11.8 Å². The second kappa shape index (κ2) is 5.09. The van der Waals surface area contributed by atoms with Crippen LogP contribution in [-0.2, 0) is 0 Å². The fraction of sp³-hybridized carbons (Fsp3) is 0.714. The summed E-state index contributed by atoms with van der Waals surface area (Å²) in [4.78, 5) is 14.9. The average Bonchev–Trinajstić information content (AvgIpc) is 3.02. The van der Waals surface area contributed by atoms with Crippen molar-refractivity contribution in [2.45, 2.75) is 57.2 Å². The lowest BCUT2D eigenvalue weighted by molar-refractivity contribution is 0.137. The highest BCUT2D eigenvalue weighted by Crippen LogP contribution is 2.35. The largest absolute Gasteiger partial charge is 0.371 e. The SMILES string of the molecule is CC1C(O)N(c2cc(C3CCCCC3)on2)C(=O)N1C. The summed E-state index contributed by atoms with van der Waals surface area (Å²) >= 11 is 0. The predicted molar refractivity (Wildman–Crippen MR) is 73.4 cm³/mol. The third kappa shape index (κ3) is 2.08. The van der Waals surface area contributed by atoms with Crippen LogP contribution in [0.4, 0.5) is 10.6 Å². The zero-order valence-electron chi connectivity index (χ0n) is 12.0. The number of urea groups is 1. The molecular weight excluding hydrogens is 258 g/mol. The Bertz CT molecular complexity index is 496. The number of hydrogen-bond donors (Lipinski definition) is 1. The van der Waals surface area contributed by atoms with Crippen LogP contribution in [0.5, 0.6) is 0 Å². The van der Waals surface area contributed by atoms with Crippen molar-refractivity contribution in [2.24, 2.45) is 0 Å². The van der Waals surface area contributed by atoms with E-state index in [1.807, 2.05) is 13.0 Å². The Morgan fingerprint density at radius 2 is 2.05 bits per heavy atom. The van der Waals surface area contributed by atoms with E-state index >= 15 is 0 Å². The first-order valence-electron chi connectivity index (χ1n) is 7.30. The van der Waals surface area contributed by atoms with E-state index in [4.69, 9.17) is 4.52 Å². The Hall–Kier alpha value is -1.56. The maximum absolute atomic E-state index is 12.1. The number of carbonyl (C=O) groups is 1. The average molecular weight is 279 g/mol. The smallest absolute Gasteiger partial charge is 0.328 e. The minimum Gasteiger partial charge on any atom is -0.371 e. The molecule has 2 amide bonds. The monoisotopic (exact) mass is 279 g/mol. The second-order valence-electron chi connectivity index (χ2n) is 5.84. The first-order valence-corrected chi connectivity index (χ1v) is 7.30. The molecule has 2 heterocycles. The number of carbonyl (C=O) groups excluding carboxylic acids is 1. The predicted octanol–water partition coefficient (Wildman–Crippen LogP) is 2.30. The maximum Gasteiger partial charge on any atom is 0.328 e. The number of rotatable bonds is 2. The second-order valence-corrected chi connectivity index (χ2v) is 5.84. The van der Waals surface area contributed by atoms with E-state index < -0.39 is 6.23 Å². The highest BCUT2D eigenvalue weighted by atomic mass is 16.5. The van der Waals surface area contributed by atoms with Gasteiger partial charge in [-0.2, -0.15) is 0 Å². The van der Waals surface area contributed by atoms with Crippen LogP contribution >= 0.6 is 0 Å². The Labute approximate surface area is 118 Å². The number of aliphatic hydroxyl groups excluding tert-OH is 1. The van der Waals surface area contributed by atoms with E-state index in [0.29, 0.717) is 11.7 Å². The molecular formula is C14H21N3O3. The molecule has 1 aliphatic heterocycles. The van der Waals surface area contributed by atoms with Crippen LogP contribution in [0.15, 0.2) is 10.6 Å². The Kier molecular flexibility index (Phi) is 3.41. The Morgan fingerprint density at radius 3 is 2.65 bits per heavy atom. The number of amides is 2. The fourth-order valence-electron chi connectivity index (χ4n) is 3.08. The highest BCUT2D eigenvalue weighted by Gasteiger charge is 2.42. The van der Waals surface area contributed by atoms with Crippen molar-refractivity contribution in [3.05, 3.63) is 11.8 Å². The highest BCUT2D eigenvalue weighted by molar-refractivity contribution is 5.93. The van der Waals surface area contributed by atoms with Gasteiger partial charge in [0.05, 0.1) is 6.04 Å². The van der Waals surface area contributed by atoms with E-state index in [2.05, 4.69) is 5.16 Å². The molecule has 1 aliphatic carbocycles. The molecule has 1 aromatic rings. The molecule has 0 bridgehead atoms. The van der Waals surface area contributed by atoms with Gasteiger partial charge in [-0.1, -0.05) is 24.4 Å². The molecule has 1 saturated carbocycles. The van der Waals surface area contributed by atoms with Crippen LogP contribution in [0.1, 0.15) is 50.7 Å². The summed E-state index contributed by atoms with van der Waals surface area (Å²) in [5.74, 6) is 1.65. The molecule has 2 fully saturated rings. The van der Waals surface area contributed by atoms with Gasteiger partial charge in [0.15, 0.2) is 12.0 Å². The standard InChI is InChI=1S/C14H21N3O3/c1-9-13(18)17(14(19)16(9)2)12-8-11(20-15-12)10-6-4-3-5-7-10/h8-10,13,18H,3-7H2,1-2H3. The van der Waals surface area contributed by atoms with Gasteiger partial charge in [-0.05, 0) is 19.8 Å². The molecule has 6 nitrogen and oxygen atoms in total. The third-order valence-electron chi connectivity index (χ3n) is 4.59. The molecule has 0 radical (unpaired) electrons. The molecule has 2 unspecified atom stereocenters. The number of hydrogen-bond acceptors (Lipinski definition) is 4. The Balaban J connectivity index is 1.81. The molecule has 2 atom stereocenters. The topological polar surface area (TPSA) is 69.8 Å². The number of aromatic nitrogens is 1. The number of likely N-dealkylation sites (N-methyl/N-ethyl adjacent to an activating group) is 1. The Morgan fingerprint density at radius 1 is 1.35 bits per heavy atom. The van der Waals surface area contributed by atoms with Gasteiger partial charge >= 0.3 is 6.03 Å². The molecule has 3 rings (SSSR count). The summed E-state index contributed by atoms with van der Waals surface area (Å²) in [6.07, 6.45) is 5.06. The molecule has 1 saturated heterocycles. The number of nitrogens with zero attached hydrogens (tertiary/aromatic N) is 3. The van der Waals surface area contributed by atoms with Crippen LogP contribution < -0.4 is 4.90 Å². The van der Waals surface area contributed by atoms with Gasteiger partial charge < -0.3 is 14.5 Å². The van der Waals surface area contributed by atoms with Crippen LogP contribution in [0.25, 0.3) is 0 Å². The number of aliphatic hydroxyl groups is 1. The van der Waals surface area contributed by atoms with Crippen LogP contribution in [0, 0.1) is 0 Å². The van der Waals surface area contributed by atoms with Gasteiger partial charge in [0.1, 0.15) is 5.76 Å². The maximum atomic E-state index is 12.1. The van der Waals surface area contributed by atoms with Gasteiger partial charge in [-0.15, -0.1) is 0 Å². The van der Waals surface area contributed by atoms with E-state index in [9.17, 15) is 9.90 Å². The zero-order chi connectivity index (χ0) is 14.3. The molecule has 0 aromatic carbocycles. The lowest BCUT2D eigenvalue weighted by Crippen LogP contribution is -2.35. The van der Waals surface area contributed by atoms with Crippen molar-refractivity contribution in [2.75, 3.05) is 11.9 Å². The van der Waals surface area contributed by atoms with Gasteiger partial charge in [0.2, 0.25) is 0 Å². The van der Waals surface area contributed by atoms with Gasteiger partial charge in [0.25, 0.3) is 0 Å². The van der Waals surface area contributed by atoms with Crippen molar-refractivity contribution in [1.82, 2.24) is 10.1 Å². The summed E-state index contributed by atoms with van der Waals surface area (Å²) in [5.41, 5.74) is 0. The van der Waals surface area contributed by atoms with Crippen molar-refractivity contribution in [1.29, 1.82) is 0 Å². The zero-order valence-corrected chi connectivity index (χ0v) is 12.0. The molecule has 2 aliphatic rings. The quantitative estimate of drug-likeness (QED) is 0.901. The van der Waals surface area contributed by atoms with Crippen LogP contribution in [-0.4, -0.2) is 40.5 Å². The van der Waals surface area contributed by atoms with Crippen LogP contribution in [0.3, 0.4) is 0 Å². The summed E-state index contributed by atoms with van der Waals surface area (Å²) in [7, 11) is 1.68. The van der Waals surface area contributed by atoms with E-state index in [1.165, 1.54) is 29.1 Å². The van der Waals surface area contributed by atoms with E-state index in [1.54, 1.807) is 7.05 Å². The molecule has 1 aromatic heterocycles. The lowest BCUT2D eigenvalue weighted by atomic mass is 9.87. The minimum atomic E-state index is -0.878.